The molecule has 0 saturated heterocycles. The fourth-order valence-corrected chi connectivity index (χ4v) is 2.55. The topological polar surface area (TPSA) is 29.3 Å². The maximum absolute atomic E-state index is 5.88. The molecule has 3 heteroatoms. The van der Waals surface area contributed by atoms with E-state index in [0.29, 0.717) is 5.89 Å². The fraction of sp³-hybridized carbons (Fsp3) is 0.211. The first-order valence-electron chi connectivity index (χ1n) is 7.68. The van der Waals surface area contributed by atoms with Crippen molar-refractivity contribution >= 4 is 5.69 Å². The Labute approximate surface area is 131 Å². The molecule has 22 heavy (non-hydrogen) atoms. The lowest BCUT2D eigenvalue weighted by molar-refractivity contribution is 0.589. The molecule has 0 amide bonds. The van der Waals surface area contributed by atoms with Crippen molar-refractivity contribution in [1.29, 1.82) is 0 Å². The van der Waals surface area contributed by atoms with Gasteiger partial charge in [-0.15, -0.1) is 0 Å². The third-order valence-corrected chi connectivity index (χ3v) is 3.81. The summed E-state index contributed by atoms with van der Waals surface area (Å²) in [5, 5.41) is 0. The van der Waals surface area contributed by atoms with Gasteiger partial charge in [0.25, 0.3) is 0 Å². The Kier molecular flexibility index (Phi) is 4.24. The Hall–Kier alpha value is -2.55. The maximum atomic E-state index is 5.88. The SMILES string of the molecule is CCN(CC)c1ccc(-c2ncc(-c3ccccc3)o2)cc1. The third kappa shape index (κ3) is 2.89. The highest BCUT2D eigenvalue weighted by molar-refractivity contribution is 5.63. The standard InChI is InChI=1S/C19H20N2O/c1-3-21(4-2)17-12-10-16(11-13-17)19-20-14-18(22-19)15-8-6-5-7-9-15/h5-14H,3-4H2,1-2H3. The highest BCUT2D eigenvalue weighted by atomic mass is 16.4. The van der Waals surface area contributed by atoms with Crippen molar-refractivity contribution in [2.45, 2.75) is 13.8 Å². The van der Waals surface area contributed by atoms with Gasteiger partial charge in [0.2, 0.25) is 5.89 Å². The van der Waals surface area contributed by atoms with E-state index in [4.69, 9.17) is 4.42 Å². The van der Waals surface area contributed by atoms with Gasteiger partial charge in [-0.05, 0) is 38.1 Å². The number of hydrogen-bond donors (Lipinski definition) is 0. The van der Waals surface area contributed by atoms with Crippen molar-refractivity contribution < 1.29 is 4.42 Å². The Morgan fingerprint density at radius 1 is 0.864 bits per heavy atom. The number of aromatic nitrogens is 1. The van der Waals surface area contributed by atoms with E-state index in [1.165, 1.54) is 5.69 Å². The summed E-state index contributed by atoms with van der Waals surface area (Å²) in [6.45, 7) is 6.34. The van der Waals surface area contributed by atoms with Crippen molar-refractivity contribution in [3.8, 4) is 22.8 Å². The first-order chi connectivity index (χ1) is 10.8. The van der Waals surface area contributed by atoms with Crippen LogP contribution in [0.1, 0.15) is 13.8 Å². The maximum Gasteiger partial charge on any atom is 0.226 e. The summed E-state index contributed by atoms with van der Waals surface area (Å²) in [4.78, 5) is 6.71. The van der Waals surface area contributed by atoms with Crippen LogP contribution in [0.15, 0.2) is 65.2 Å². The van der Waals surface area contributed by atoms with Gasteiger partial charge in [-0.3, -0.25) is 0 Å². The average molecular weight is 292 g/mol. The molecule has 3 nitrogen and oxygen atoms in total. The first-order valence-corrected chi connectivity index (χ1v) is 7.68. The Morgan fingerprint density at radius 3 is 2.18 bits per heavy atom. The van der Waals surface area contributed by atoms with Crippen LogP contribution in [-0.4, -0.2) is 18.1 Å². The van der Waals surface area contributed by atoms with Gasteiger partial charge < -0.3 is 9.32 Å². The predicted octanol–water partition coefficient (Wildman–Crippen LogP) is 4.85. The number of anilines is 1. The molecule has 0 fully saturated rings. The smallest absolute Gasteiger partial charge is 0.226 e. The molecule has 112 valence electrons. The van der Waals surface area contributed by atoms with Gasteiger partial charge in [0.15, 0.2) is 5.76 Å². The fourth-order valence-electron chi connectivity index (χ4n) is 2.55. The molecule has 1 aromatic heterocycles. The molecule has 3 rings (SSSR count). The van der Waals surface area contributed by atoms with Gasteiger partial charge in [-0.25, -0.2) is 4.98 Å². The summed E-state index contributed by atoms with van der Waals surface area (Å²) >= 11 is 0. The van der Waals surface area contributed by atoms with Crippen molar-refractivity contribution in [3.63, 3.8) is 0 Å². The lowest BCUT2D eigenvalue weighted by Crippen LogP contribution is -2.21. The minimum absolute atomic E-state index is 0.657. The second kappa shape index (κ2) is 6.48. The lowest BCUT2D eigenvalue weighted by Gasteiger charge is -2.20. The normalized spacial score (nSPS) is 10.6. The number of hydrogen-bond acceptors (Lipinski definition) is 3. The van der Waals surface area contributed by atoms with Crippen LogP contribution in [0.3, 0.4) is 0 Å². The monoisotopic (exact) mass is 292 g/mol. The Balaban J connectivity index is 1.85. The molecule has 0 aliphatic rings. The first kappa shape index (κ1) is 14.4. The molecule has 0 N–H and O–H groups in total. The van der Waals surface area contributed by atoms with Crippen molar-refractivity contribution in [2.75, 3.05) is 18.0 Å². The van der Waals surface area contributed by atoms with Gasteiger partial charge in [0.05, 0.1) is 6.20 Å². The van der Waals surface area contributed by atoms with E-state index in [2.05, 4.69) is 48.0 Å². The van der Waals surface area contributed by atoms with Crippen molar-refractivity contribution in [2.24, 2.45) is 0 Å². The molecule has 1 heterocycles. The second-order valence-electron chi connectivity index (χ2n) is 5.11. The van der Waals surface area contributed by atoms with E-state index >= 15 is 0 Å². The van der Waals surface area contributed by atoms with E-state index in [9.17, 15) is 0 Å². The zero-order valence-electron chi connectivity index (χ0n) is 13.0. The zero-order chi connectivity index (χ0) is 15.4. The molecule has 0 atom stereocenters. The molecule has 0 aliphatic carbocycles. The van der Waals surface area contributed by atoms with Crippen LogP contribution < -0.4 is 4.90 Å². The van der Waals surface area contributed by atoms with E-state index in [-0.39, 0.29) is 0 Å². The highest BCUT2D eigenvalue weighted by Gasteiger charge is 2.09. The summed E-state index contributed by atoms with van der Waals surface area (Å²) in [6, 6.07) is 18.4. The third-order valence-electron chi connectivity index (χ3n) is 3.81. The van der Waals surface area contributed by atoms with Gasteiger partial charge >= 0.3 is 0 Å². The van der Waals surface area contributed by atoms with Crippen LogP contribution >= 0.6 is 0 Å². The van der Waals surface area contributed by atoms with E-state index in [1.54, 1.807) is 6.20 Å². The molecule has 0 saturated carbocycles. The largest absolute Gasteiger partial charge is 0.436 e. The molecule has 0 radical (unpaired) electrons. The molecular weight excluding hydrogens is 272 g/mol. The summed E-state index contributed by atoms with van der Waals surface area (Å²) < 4.78 is 5.88. The molecular formula is C19H20N2O. The molecule has 0 unspecified atom stereocenters. The Morgan fingerprint density at radius 2 is 1.55 bits per heavy atom. The quantitative estimate of drug-likeness (QED) is 0.673. The van der Waals surface area contributed by atoms with Crippen LogP contribution in [0, 0.1) is 0 Å². The molecule has 3 aromatic rings. The molecule has 0 aliphatic heterocycles. The minimum atomic E-state index is 0.657. The van der Waals surface area contributed by atoms with Gasteiger partial charge in [-0.1, -0.05) is 30.3 Å². The van der Waals surface area contributed by atoms with Crippen LogP contribution in [0.25, 0.3) is 22.8 Å². The van der Waals surface area contributed by atoms with Crippen molar-refractivity contribution in [1.82, 2.24) is 4.98 Å². The number of oxazole rings is 1. The summed E-state index contributed by atoms with van der Waals surface area (Å²) in [6.07, 6.45) is 1.78. The highest BCUT2D eigenvalue weighted by Crippen LogP contribution is 2.27. The number of rotatable bonds is 5. The minimum Gasteiger partial charge on any atom is -0.436 e. The zero-order valence-corrected chi connectivity index (χ0v) is 13.0. The summed E-state index contributed by atoms with van der Waals surface area (Å²) in [7, 11) is 0. The van der Waals surface area contributed by atoms with Crippen molar-refractivity contribution in [3.05, 3.63) is 60.8 Å². The summed E-state index contributed by atoms with van der Waals surface area (Å²) in [5.74, 6) is 1.45. The second-order valence-corrected chi connectivity index (χ2v) is 5.11. The summed E-state index contributed by atoms with van der Waals surface area (Å²) in [5.41, 5.74) is 3.27. The molecule has 0 bridgehead atoms. The van der Waals surface area contributed by atoms with Gasteiger partial charge in [0, 0.05) is 29.9 Å². The van der Waals surface area contributed by atoms with E-state index in [1.807, 2.05) is 30.3 Å². The molecule has 0 spiro atoms. The van der Waals surface area contributed by atoms with Crippen LogP contribution in [0.5, 0.6) is 0 Å². The number of nitrogens with zero attached hydrogens (tertiary/aromatic N) is 2. The average Bonchev–Trinajstić information content (AvgIpc) is 3.07. The van der Waals surface area contributed by atoms with Gasteiger partial charge in [-0.2, -0.15) is 0 Å². The van der Waals surface area contributed by atoms with Gasteiger partial charge in [0.1, 0.15) is 0 Å². The lowest BCUT2D eigenvalue weighted by atomic mass is 10.2. The predicted molar refractivity (Wildman–Crippen MR) is 90.9 cm³/mol. The van der Waals surface area contributed by atoms with Crippen LogP contribution in [-0.2, 0) is 0 Å². The number of benzene rings is 2. The van der Waals surface area contributed by atoms with Crippen LogP contribution in [0.2, 0.25) is 0 Å². The molecule has 2 aromatic carbocycles. The Bertz CT molecular complexity index is 713. The van der Waals surface area contributed by atoms with E-state index in [0.717, 1.165) is 30.0 Å². The van der Waals surface area contributed by atoms with E-state index < -0.39 is 0 Å². The van der Waals surface area contributed by atoms with Crippen LogP contribution in [0.4, 0.5) is 5.69 Å².